The van der Waals surface area contributed by atoms with Gasteiger partial charge in [-0.3, -0.25) is 19.3 Å². The number of fused-ring (bicyclic) bond motifs is 1. The molecule has 6 nitrogen and oxygen atoms in total. The van der Waals surface area contributed by atoms with E-state index in [4.69, 9.17) is 5.73 Å². The molecule has 20 heavy (non-hydrogen) atoms. The maximum Gasteiger partial charge on any atom is 0.261 e. The van der Waals surface area contributed by atoms with Crippen molar-refractivity contribution in [1.29, 1.82) is 0 Å². The molecule has 0 radical (unpaired) electrons. The summed E-state index contributed by atoms with van der Waals surface area (Å²) in [7, 11) is 0. The average molecular weight is 275 g/mol. The molecule has 0 spiro atoms. The lowest BCUT2D eigenvalue weighted by molar-refractivity contribution is -0.121. The Balaban J connectivity index is 1.91. The minimum atomic E-state index is -0.333. The molecule has 3 amide bonds. The Labute approximate surface area is 116 Å². The summed E-state index contributed by atoms with van der Waals surface area (Å²) in [5, 5.41) is 2.69. The zero-order chi connectivity index (χ0) is 14.5. The molecule has 1 aromatic rings. The van der Waals surface area contributed by atoms with Gasteiger partial charge < -0.3 is 11.1 Å². The van der Waals surface area contributed by atoms with Gasteiger partial charge in [-0.15, -0.1) is 0 Å². The van der Waals surface area contributed by atoms with Crippen LogP contribution in [0.1, 0.15) is 33.6 Å². The van der Waals surface area contributed by atoms with E-state index in [0.717, 1.165) is 4.90 Å². The van der Waals surface area contributed by atoms with Gasteiger partial charge in [-0.1, -0.05) is 12.1 Å². The summed E-state index contributed by atoms with van der Waals surface area (Å²) in [6.45, 7) is 1.12. The number of nitrogens with two attached hydrogens (primary N) is 1. The summed E-state index contributed by atoms with van der Waals surface area (Å²) in [5.74, 6) is -0.851. The fourth-order valence-electron chi connectivity index (χ4n) is 2.07. The molecular weight excluding hydrogens is 258 g/mol. The van der Waals surface area contributed by atoms with Crippen LogP contribution in [0.5, 0.6) is 0 Å². The molecule has 0 bridgehead atoms. The van der Waals surface area contributed by atoms with Crippen LogP contribution in [-0.4, -0.2) is 42.3 Å². The lowest BCUT2D eigenvalue weighted by atomic mass is 10.1. The van der Waals surface area contributed by atoms with Gasteiger partial charge in [0.05, 0.1) is 11.1 Å². The van der Waals surface area contributed by atoms with E-state index in [-0.39, 0.29) is 30.7 Å². The van der Waals surface area contributed by atoms with Gasteiger partial charge in [0.15, 0.2) is 0 Å². The number of nitrogens with one attached hydrogen (secondary N) is 1. The summed E-state index contributed by atoms with van der Waals surface area (Å²) in [4.78, 5) is 36.8. The van der Waals surface area contributed by atoms with E-state index in [9.17, 15) is 14.4 Å². The van der Waals surface area contributed by atoms with Crippen LogP contribution in [0.15, 0.2) is 24.3 Å². The average Bonchev–Trinajstić information content (AvgIpc) is 2.70. The highest BCUT2D eigenvalue weighted by Crippen LogP contribution is 2.22. The van der Waals surface area contributed by atoms with Crippen molar-refractivity contribution in [2.75, 3.05) is 19.6 Å². The third-order valence-electron chi connectivity index (χ3n) is 3.14. The summed E-state index contributed by atoms with van der Waals surface area (Å²) in [6.07, 6.45) is 0.814. The number of imide groups is 1. The van der Waals surface area contributed by atoms with Crippen molar-refractivity contribution in [2.24, 2.45) is 5.73 Å². The largest absolute Gasteiger partial charge is 0.356 e. The third-order valence-corrected chi connectivity index (χ3v) is 3.14. The fourth-order valence-corrected chi connectivity index (χ4v) is 2.07. The van der Waals surface area contributed by atoms with Gasteiger partial charge in [0.2, 0.25) is 5.91 Å². The Morgan fingerprint density at radius 2 is 1.75 bits per heavy atom. The highest BCUT2D eigenvalue weighted by molar-refractivity contribution is 6.21. The Bertz CT molecular complexity index is 507. The van der Waals surface area contributed by atoms with E-state index in [1.165, 1.54) is 0 Å². The van der Waals surface area contributed by atoms with E-state index in [0.29, 0.717) is 30.6 Å². The number of hydrogen-bond acceptors (Lipinski definition) is 4. The minimum absolute atomic E-state index is 0.0980. The number of carbonyl (C=O) groups excluding carboxylic acids is 3. The van der Waals surface area contributed by atoms with Crippen LogP contribution in [0.4, 0.5) is 0 Å². The number of amides is 3. The first-order valence-corrected chi connectivity index (χ1v) is 6.57. The molecule has 0 aliphatic carbocycles. The molecule has 3 N–H and O–H groups in total. The predicted octanol–water partition coefficient (Wildman–Crippen LogP) is 0.138. The normalized spacial score (nSPS) is 13.6. The number of benzene rings is 1. The van der Waals surface area contributed by atoms with Crippen molar-refractivity contribution in [1.82, 2.24) is 10.2 Å². The van der Waals surface area contributed by atoms with Crippen molar-refractivity contribution in [2.45, 2.75) is 12.8 Å². The number of carbonyl (C=O) groups is 3. The standard InChI is InChI=1S/C14H17N3O3/c15-7-3-8-16-12(18)6-9-17-13(19)10-4-1-2-5-11(10)14(17)20/h1-2,4-5H,3,6-9,15H2,(H,16,18). The molecule has 6 heteroatoms. The van der Waals surface area contributed by atoms with Gasteiger partial charge in [-0.25, -0.2) is 0 Å². The van der Waals surface area contributed by atoms with Gasteiger partial charge in [0.1, 0.15) is 0 Å². The lowest BCUT2D eigenvalue weighted by Gasteiger charge is -2.13. The second-order valence-corrected chi connectivity index (χ2v) is 4.55. The summed E-state index contributed by atoms with van der Waals surface area (Å²) >= 11 is 0. The third kappa shape index (κ3) is 2.85. The summed E-state index contributed by atoms with van der Waals surface area (Å²) < 4.78 is 0. The maximum atomic E-state index is 12.0. The van der Waals surface area contributed by atoms with E-state index in [1.54, 1.807) is 24.3 Å². The first kappa shape index (κ1) is 14.2. The van der Waals surface area contributed by atoms with Crippen LogP contribution in [0.3, 0.4) is 0 Å². The topological polar surface area (TPSA) is 92.5 Å². The van der Waals surface area contributed by atoms with Gasteiger partial charge in [0.25, 0.3) is 11.8 Å². The second kappa shape index (κ2) is 6.29. The van der Waals surface area contributed by atoms with Crippen LogP contribution in [-0.2, 0) is 4.79 Å². The van der Waals surface area contributed by atoms with Crippen molar-refractivity contribution in [3.8, 4) is 0 Å². The molecular formula is C14H17N3O3. The maximum absolute atomic E-state index is 12.0. The summed E-state index contributed by atoms with van der Waals surface area (Å²) in [6, 6.07) is 6.67. The van der Waals surface area contributed by atoms with Crippen LogP contribution >= 0.6 is 0 Å². The Hall–Kier alpha value is -2.21. The predicted molar refractivity (Wildman–Crippen MR) is 73.1 cm³/mol. The van der Waals surface area contributed by atoms with E-state index < -0.39 is 0 Å². The zero-order valence-electron chi connectivity index (χ0n) is 11.1. The Kier molecular flexibility index (Phi) is 4.47. The van der Waals surface area contributed by atoms with Crippen molar-refractivity contribution < 1.29 is 14.4 Å². The molecule has 1 aliphatic heterocycles. The molecule has 1 aliphatic rings. The van der Waals surface area contributed by atoms with E-state index in [2.05, 4.69) is 5.32 Å². The van der Waals surface area contributed by atoms with Gasteiger partial charge in [-0.2, -0.15) is 0 Å². The van der Waals surface area contributed by atoms with Crippen LogP contribution < -0.4 is 11.1 Å². The van der Waals surface area contributed by atoms with Crippen molar-refractivity contribution in [3.05, 3.63) is 35.4 Å². The van der Waals surface area contributed by atoms with Crippen LogP contribution in [0.2, 0.25) is 0 Å². The molecule has 0 unspecified atom stereocenters. The summed E-state index contributed by atoms with van der Waals surface area (Å²) in [5.41, 5.74) is 6.13. The van der Waals surface area contributed by atoms with Gasteiger partial charge >= 0.3 is 0 Å². The van der Waals surface area contributed by atoms with Crippen molar-refractivity contribution >= 4 is 17.7 Å². The number of rotatable bonds is 6. The second-order valence-electron chi connectivity index (χ2n) is 4.55. The first-order valence-electron chi connectivity index (χ1n) is 6.57. The molecule has 106 valence electrons. The molecule has 0 saturated carbocycles. The minimum Gasteiger partial charge on any atom is -0.356 e. The zero-order valence-corrected chi connectivity index (χ0v) is 11.1. The monoisotopic (exact) mass is 275 g/mol. The molecule has 0 saturated heterocycles. The van der Waals surface area contributed by atoms with Gasteiger partial charge in [-0.05, 0) is 25.1 Å². The fraction of sp³-hybridized carbons (Fsp3) is 0.357. The smallest absolute Gasteiger partial charge is 0.261 e. The lowest BCUT2D eigenvalue weighted by Crippen LogP contribution is -2.35. The first-order chi connectivity index (χ1) is 9.65. The van der Waals surface area contributed by atoms with Gasteiger partial charge in [0, 0.05) is 19.5 Å². The Morgan fingerprint density at radius 3 is 2.30 bits per heavy atom. The number of hydrogen-bond donors (Lipinski definition) is 2. The number of nitrogens with zero attached hydrogens (tertiary/aromatic N) is 1. The molecule has 0 aromatic heterocycles. The van der Waals surface area contributed by atoms with Crippen LogP contribution in [0.25, 0.3) is 0 Å². The Morgan fingerprint density at radius 1 is 1.15 bits per heavy atom. The molecule has 0 fully saturated rings. The SMILES string of the molecule is NCCCNC(=O)CCN1C(=O)c2ccccc2C1=O. The molecule has 2 rings (SSSR count). The molecule has 1 aromatic carbocycles. The highest BCUT2D eigenvalue weighted by atomic mass is 16.2. The van der Waals surface area contributed by atoms with Crippen LogP contribution in [0, 0.1) is 0 Å². The molecule has 0 atom stereocenters. The molecule has 1 heterocycles. The van der Waals surface area contributed by atoms with E-state index >= 15 is 0 Å². The quantitative estimate of drug-likeness (QED) is 0.570. The van der Waals surface area contributed by atoms with Crippen molar-refractivity contribution in [3.63, 3.8) is 0 Å². The van der Waals surface area contributed by atoms with E-state index in [1.807, 2.05) is 0 Å². The highest BCUT2D eigenvalue weighted by Gasteiger charge is 2.34.